The van der Waals surface area contributed by atoms with Crippen molar-refractivity contribution in [1.29, 1.82) is 0 Å². The molecule has 0 saturated heterocycles. The molecule has 3 heteroatoms. The number of allylic oxidation sites excluding steroid dienone is 1. The summed E-state index contributed by atoms with van der Waals surface area (Å²) in [6.07, 6.45) is 4.56. The van der Waals surface area contributed by atoms with Crippen molar-refractivity contribution in [2.45, 2.75) is 12.3 Å². The highest BCUT2D eigenvalue weighted by molar-refractivity contribution is 6.18. The second-order valence-corrected chi connectivity index (χ2v) is 4.13. The van der Waals surface area contributed by atoms with Crippen LogP contribution in [0.3, 0.4) is 0 Å². The predicted molar refractivity (Wildman–Crippen MR) is 65.8 cm³/mol. The molecule has 1 aromatic carbocycles. The Kier molecular flexibility index (Phi) is 3.62. The quantitative estimate of drug-likeness (QED) is 0.630. The van der Waals surface area contributed by atoms with Gasteiger partial charge in [0.05, 0.1) is 5.92 Å². The Bertz CT molecular complexity index is 414. The average molecular weight is 236 g/mol. The van der Waals surface area contributed by atoms with Crippen LogP contribution in [-0.2, 0) is 11.2 Å². The minimum absolute atomic E-state index is 0.0422. The second kappa shape index (κ2) is 5.17. The highest BCUT2D eigenvalue weighted by atomic mass is 35.5. The Morgan fingerprint density at radius 3 is 3.00 bits per heavy atom. The second-order valence-electron chi connectivity index (χ2n) is 3.83. The number of alkyl halides is 1. The molecule has 0 radical (unpaired) electrons. The highest BCUT2D eigenvalue weighted by Crippen LogP contribution is 2.34. The molecular weight excluding hydrogens is 222 g/mol. The number of benzene rings is 1. The van der Waals surface area contributed by atoms with Crippen molar-refractivity contribution in [3.05, 3.63) is 47.5 Å². The first kappa shape index (κ1) is 11.2. The molecule has 0 bridgehead atoms. The summed E-state index contributed by atoms with van der Waals surface area (Å²) in [6, 6.07) is 8.09. The van der Waals surface area contributed by atoms with Gasteiger partial charge in [-0.3, -0.25) is 4.79 Å². The van der Waals surface area contributed by atoms with Crippen LogP contribution in [0.2, 0.25) is 0 Å². The molecule has 1 aliphatic carbocycles. The molecular formula is C13H14ClNO. The van der Waals surface area contributed by atoms with Gasteiger partial charge in [0.15, 0.2) is 0 Å². The highest BCUT2D eigenvalue weighted by Gasteiger charge is 2.30. The molecule has 1 unspecified atom stereocenters. The van der Waals surface area contributed by atoms with E-state index in [1.54, 1.807) is 0 Å². The molecule has 1 amide bonds. The molecule has 84 valence electrons. The maximum absolute atomic E-state index is 11.8. The summed E-state index contributed by atoms with van der Waals surface area (Å²) >= 11 is 5.49. The first-order chi connectivity index (χ1) is 7.83. The van der Waals surface area contributed by atoms with Gasteiger partial charge in [0.1, 0.15) is 0 Å². The van der Waals surface area contributed by atoms with Gasteiger partial charge in [-0.15, -0.1) is 11.6 Å². The molecule has 1 N–H and O–H groups in total. The minimum Gasteiger partial charge on any atom is -0.352 e. The number of carbonyl (C=O) groups is 1. The lowest BCUT2D eigenvalue weighted by Crippen LogP contribution is -2.35. The van der Waals surface area contributed by atoms with Crippen LogP contribution in [0.5, 0.6) is 0 Å². The molecule has 1 aliphatic rings. The SMILES string of the molecule is O=C(NC/C=C/CCl)C1Cc2ccccc21. The Hall–Kier alpha value is -1.28. The van der Waals surface area contributed by atoms with Crippen LogP contribution in [0.15, 0.2) is 36.4 Å². The van der Waals surface area contributed by atoms with Gasteiger partial charge < -0.3 is 5.32 Å². The minimum atomic E-state index is 0.0422. The summed E-state index contributed by atoms with van der Waals surface area (Å²) in [4.78, 5) is 11.8. The fraction of sp³-hybridized carbons (Fsp3) is 0.308. The molecule has 1 atom stereocenters. The summed E-state index contributed by atoms with van der Waals surface area (Å²) in [5.74, 6) is 0.640. The predicted octanol–water partition coefficient (Wildman–Crippen LogP) is 2.24. The monoisotopic (exact) mass is 235 g/mol. The number of rotatable bonds is 4. The van der Waals surface area contributed by atoms with Gasteiger partial charge in [0.2, 0.25) is 5.91 Å². The maximum atomic E-state index is 11.8. The summed E-state index contributed by atoms with van der Waals surface area (Å²) in [5, 5.41) is 2.88. The molecule has 0 aromatic heterocycles. The molecule has 0 fully saturated rings. The number of nitrogens with one attached hydrogen (secondary N) is 1. The van der Waals surface area contributed by atoms with Gasteiger partial charge in [0, 0.05) is 12.4 Å². The Morgan fingerprint density at radius 2 is 2.25 bits per heavy atom. The van der Waals surface area contributed by atoms with Gasteiger partial charge in [-0.05, 0) is 17.5 Å². The molecule has 0 saturated carbocycles. The first-order valence-corrected chi connectivity index (χ1v) is 5.93. The van der Waals surface area contributed by atoms with E-state index in [1.807, 2.05) is 30.4 Å². The molecule has 1 aromatic rings. The van der Waals surface area contributed by atoms with Crippen molar-refractivity contribution in [1.82, 2.24) is 5.32 Å². The maximum Gasteiger partial charge on any atom is 0.228 e. The van der Waals surface area contributed by atoms with E-state index in [0.29, 0.717) is 12.4 Å². The van der Waals surface area contributed by atoms with Crippen molar-refractivity contribution in [3.8, 4) is 0 Å². The van der Waals surface area contributed by atoms with Crippen molar-refractivity contribution in [2.75, 3.05) is 12.4 Å². The molecule has 0 heterocycles. The average Bonchev–Trinajstić information content (AvgIpc) is 2.26. The van der Waals surface area contributed by atoms with Crippen LogP contribution in [0.4, 0.5) is 0 Å². The van der Waals surface area contributed by atoms with Crippen LogP contribution < -0.4 is 5.32 Å². The van der Waals surface area contributed by atoms with E-state index in [-0.39, 0.29) is 11.8 Å². The number of fused-ring (bicyclic) bond motifs is 1. The number of hydrogen-bond donors (Lipinski definition) is 1. The number of hydrogen-bond acceptors (Lipinski definition) is 1. The van der Waals surface area contributed by atoms with Crippen LogP contribution in [0, 0.1) is 0 Å². The summed E-state index contributed by atoms with van der Waals surface area (Å²) in [7, 11) is 0. The van der Waals surface area contributed by atoms with E-state index in [2.05, 4.69) is 11.4 Å². The van der Waals surface area contributed by atoms with Crippen LogP contribution >= 0.6 is 11.6 Å². The van der Waals surface area contributed by atoms with Gasteiger partial charge in [-0.1, -0.05) is 36.4 Å². The Balaban J connectivity index is 1.87. The van der Waals surface area contributed by atoms with Gasteiger partial charge in [-0.2, -0.15) is 0 Å². The molecule has 2 rings (SSSR count). The van der Waals surface area contributed by atoms with E-state index < -0.39 is 0 Å². The smallest absolute Gasteiger partial charge is 0.228 e. The summed E-state index contributed by atoms with van der Waals surface area (Å²) in [6.45, 7) is 0.560. The zero-order valence-electron chi connectivity index (χ0n) is 8.95. The van der Waals surface area contributed by atoms with E-state index >= 15 is 0 Å². The lowest BCUT2D eigenvalue weighted by Gasteiger charge is -2.28. The van der Waals surface area contributed by atoms with E-state index in [9.17, 15) is 4.79 Å². The van der Waals surface area contributed by atoms with E-state index in [1.165, 1.54) is 11.1 Å². The first-order valence-electron chi connectivity index (χ1n) is 5.39. The molecule has 2 nitrogen and oxygen atoms in total. The van der Waals surface area contributed by atoms with Crippen molar-refractivity contribution < 1.29 is 4.79 Å². The van der Waals surface area contributed by atoms with Crippen LogP contribution in [0.25, 0.3) is 0 Å². The van der Waals surface area contributed by atoms with Crippen LogP contribution in [0.1, 0.15) is 17.0 Å². The molecule has 16 heavy (non-hydrogen) atoms. The Morgan fingerprint density at radius 1 is 1.44 bits per heavy atom. The van der Waals surface area contributed by atoms with E-state index in [4.69, 9.17) is 11.6 Å². The standard InChI is InChI=1S/C13H14ClNO/c14-7-3-4-8-15-13(16)12-9-10-5-1-2-6-11(10)12/h1-6,12H,7-9H2,(H,15,16)/b4-3+. The zero-order chi connectivity index (χ0) is 11.4. The lowest BCUT2D eigenvalue weighted by molar-refractivity contribution is -0.122. The zero-order valence-corrected chi connectivity index (χ0v) is 9.70. The van der Waals surface area contributed by atoms with Gasteiger partial charge >= 0.3 is 0 Å². The number of amides is 1. The third-order valence-electron chi connectivity index (χ3n) is 2.82. The summed E-state index contributed by atoms with van der Waals surface area (Å²) in [5.41, 5.74) is 2.46. The summed E-state index contributed by atoms with van der Waals surface area (Å²) < 4.78 is 0. The van der Waals surface area contributed by atoms with E-state index in [0.717, 1.165) is 6.42 Å². The Labute approximate surface area is 100 Å². The number of halogens is 1. The third-order valence-corrected chi connectivity index (χ3v) is 3.00. The topological polar surface area (TPSA) is 29.1 Å². The fourth-order valence-corrected chi connectivity index (χ4v) is 2.05. The van der Waals surface area contributed by atoms with Crippen molar-refractivity contribution >= 4 is 17.5 Å². The third kappa shape index (κ3) is 2.27. The number of carbonyl (C=O) groups excluding carboxylic acids is 1. The molecule has 0 aliphatic heterocycles. The van der Waals surface area contributed by atoms with Gasteiger partial charge in [0.25, 0.3) is 0 Å². The normalized spacial score (nSPS) is 17.9. The lowest BCUT2D eigenvalue weighted by atomic mass is 9.77. The van der Waals surface area contributed by atoms with Crippen LogP contribution in [-0.4, -0.2) is 18.3 Å². The fourth-order valence-electron chi connectivity index (χ4n) is 1.92. The van der Waals surface area contributed by atoms with Crippen molar-refractivity contribution in [2.24, 2.45) is 0 Å². The van der Waals surface area contributed by atoms with Crippen molar-refractivity contribution in [3.63, 3.8) is 0 Å². The largest absolute Gasteiger partial charge is 0.352 e. The molecule has 0 spiro atoms. The van der Waals surface area contributed by atoms with Gasteiger partial charge in [-0.25, -0.2) is 0 Å².